The third-order valence-corrected chi connectivity index (χ3v) is 4.70. The summed E-state index contributed by atoms with van der Waals surface area (Å²) in [6.07, 6.45) is 2.02. The quantitative estimate of drug-likeness (QED) is 0.389. The van der Waals surface area contributed by atoms with Gasteiger partial charge in [0.05, 0.1) is 32.5 Å². The molecule has 2 fully saturated rings. The van der Waals surface area contributed by atoms with Crippen molar-refractivity contribution in [1.29, 1.82) is 0 Å². The number of aliphatic hydroxyl groups excluding tert-OH is 1. The highest BCUT2D eigenvalue weighted by atomic mass is 16.5. The average Bonchev–Trinajstić information content (AvgIpc) is 3.42. The average molecular weight is 357 g/mol. The van der Waals surface area contributed by atoms with E-state index in [1.165, 1.54) is 12.8 Å². The number of guanidine groups is 1. The van der Waals surface area contributed by atoms with Crippen molar-refractivity contribution in [1.82, 2.24) is 15.5 Å². The van der Waals surface area contributed by atoms with Gasteiger partial charge in [0.15, 0.2) is 5.96 Å². The summed E-state index contributed by atoms with van der Waals surface area (Å²) in [5.74, 6) is 1.46. The van der Waals surface area contributed by atoms with Crippen molar-refractivity contribution >= 4 is 5.96 Å². The van der Waals surface area contributed by atoms with E-state index in [9.17, 15) is 5.11 Å². The second-order valence-corrected chi connectivity index (χ2v) is 7.62. The molecule has 3 N–H and O–H groups in total. The molecule has 146 valence electrons. The Balaban J connectivity index is 1.73. The molecule has 0 aromatic carbocycles. The van der Waals surface area contributed by atoms with Crippen LogP contribution >= 0.6 is 0 Å². The Labute approximate surface area is 152 Å². The van der Waals surface area contributed by atoms with Gasteiger partial charge >= 0.3 is 0 Å². The van der Waals surface area contributed by atoms with Crippen LogP contribution in [-0.4, -0.2) is 86.8 Å². The van der Waals surface area contributed by atoms with Crippen LogP contribution in [0.25, 0.3) is 0 Å². The molecule has 7 nitrogen and oxygen atoms in total. The van der Waals surface area contributed by atoms with Crippen LogP contribution < -0.4 is 10.6 Å². The Hall–Kier alpha value is -0.890. The molecule has 0 aromatic rings. The van der Waals surface area contributed by atoms with E-state index in [2.05, 4.69) is 29.4 Å². The standard InChI is InChI=1S/C18H36N4O3/c1-4-19-17(20-11-16(23)13-25-12-15-5-6-15)21-14-18(2,3)22-7-9-24-10-8-22/h15-16,23H,4-14H2,1-3H3,(H2,19,20,21). The van der Waals surface area contributed by atoms with Gasteiger partial charge in [-0.3, -0.25) is 9.89 Å². The number of aliphatic imine (C=N–C) groups is 1. The molecule has 1 atom stereocenters. The van der Waals surface area contributed by atoms with E-state index in [1.807, 2.05) is 6.92 Å². The first-order valence-electron chi connectivity index (χ1n) is 9.62. The molecule has 2 rings (SSSR count). The number of ether oxygens (including phenoxy) is 2. The van der Waals surface area contributed by atoms with Crippen LogP contribution in [0.4, 0.5) is 0 Å². The van der Waals surface area contributed by atoms with Gasteiger partial charge in [-0.15, -0.1) is 0 Å². The van der Waals surface area contributed by atoms with E-state index in [0.29, 0.717) is 19.7 Å². The summed E-state index contributed by atoms with van der Waals surface area (Å²) >= 11 is 0. The van der Waals surface area contributed by atoms with E-state index in [-0.39, 0.29) is 5.54 Å². The minimum Gasteiger partial charge on any atom is -0.389 e. The van der Waals surface area contributed by atoms with Crippen LogP contribution in [0.1, 0.15) is 33.6 Å². The van der Waals surface area contributed by atoms with Crippen molar-refractivity contribution in [3.63, 3.8) is 0 Å². The first-order valence-corrected chi connectivity index (χ1v) is 9.62. The van der Waals surface area contributed by atoms with E-state index >= 15 is 0 Å². The summed E-state index contributed by atoms with van der Waals surface area (Å²) in [6.45, 7) is 13.0. The largest absolute Gasteiger partial charge is 0.389 e. The first kappa shape index (κ1) is 20.4. The summed E-state index contributed by atoms with van der Waals surface area (Å²) < 4.78 is 11.0. The molecule has 1 saturated carbocycles. The van der Waals surface area contributed by atoms with Gasteiger partial charge < -0.3 is 25.2 Å². The van der Waals surface area contributed by atoms with Gasteiger partial charge in [-0.2, -0.15) is 0 Å². The van der Waals surface area contributed by atoms with E-state index < -0.39 is 6.10 Å². The lowest BCUT2D eigenvalue weighted by Gasteiger charge is -2.39. The summed E-state index contributed by atoms with van der Waals surface area (Å²) in [4.78, 5) is 7.13. The molecule has 7 heteroatoms. The van der Waals surface area contributed by atoms with Crippen molar-refractivity contribution in [2.24, 2.45) is 10.9 Å². The Morgan fingerprint density at radius 3 is 2.68 bits per heavy atom. The van der Waals surface area contributed by atoms with Crippen LogP contribution in [-0.2, 0) is 9.47 Å². The van der Waals surface area contributed by atoms with Gasteiger partial charge in [0.25, 0.3) is 0 Å². The third-order valence-electron chi connectivity index (χ3n) is 4.70. The summed E-state index contributed by atoms with van der Waals surface area (Å²) in [6, 6.07) is 0. The number of aliphatic hydroxyl groups is 1. The van der Waals surface area contributed by atoms with Gasteiger partial charge in [0.2, 0.25) is 0 Å². The predicted molar refractivity (Wildman–Crippen MR) is 100 cm³/mol. The van der Waals surface area contributed by atoms with Crippen LogP contribution in [0.5, 0.6) is 0 Å². The van der Waals surface area contributed by atoms with Gasteiger partial charge in [0.1, 0.15) is 0 Å². The lowest BCUT2D eigenvalue weighted by molar-refractivity contribution is -0.00685. The predicted octanol–water partition coefficient (Wildman–Crippen LogP) is 0.440. The molecule has 25 heavy (non-hydrogen) atoms. The van der Waals surface area contributed by atoms with Gasteiger partial charge in [-0.25, -0.2) is 0 Å². The number of rotatable bonds is 10. The molecule has 0 amide bonds. The van der Waals surface area contributed by atoms with Crippen molar-refractivity contribution in [2.75, 3.05) is 59.2 Å². The molecule has 0 radical (unpaired) electrons. The molecule has 0 aromatic heterocycles. The molecular weight excluding hydrogens is 320 g/mol. The first-order chi connectivity index (χ1) is 12.0. The number of morpholine rings is 1. The Morgan fingerprint density at radius 1 is 1.32 bits per heavy atom. The maximum absolute atomic E-state index is 10.0. The number of hydrogen-bond donors (Lipinski definition) is 3. The van der Waals surface area contributed by atoms with Gasteiger partial charge in [-0.05, 0) is 39.5 Å². The molecule has 2 aliphatic rings. The van der Waals surface area contributed by atoms with Gasteiger partial charge in [-0.1, -0.05) is 0 Å². The molecular formula is C18H36N4O3. The zero-order valence-electron chi connectivity index (χ0n) is 16.1. The number of nitrogens with one attached hydrogen (secondary N) is 2. The zero-order chi connectivity index (χ0) is 18.1. The molecule has 0 spiro atoms. The van der Waals surface area contributed by atoms with E-state index in [4.69, 9.17) is 14.5 Å². The number of hydrogen-bond acceptors (Lipinski definition) is 5. The molecule has 1 saturated heterocycles. The third kappa shape index (κ3) is 7.90. The van der Waals surface area contributed by atoms with Crippen molar-refractivity contribution < 1.29 is 14.6 Å². The normalized spacial score (nSPS) is 21.2. The maximum Gasteiger partial charge on any atom is 0.191 e. The monoisotopic (exact) mass is 356 g/mol. The van der Waals surface area contributed by atoms with Crippen LogP contribution in [0.2, 0.25) is 0 Å². The smallest absolute Gasteiger partial charge is 0.191 e. The Kier molecular flexibility index (Phi) is 8.42. The maximum atomic E-state index is 10.0. The van der Waals surface area contributed by atoms with E-state index in [1.54, 1.807) is 0 Å². The zero-order valence-corrected chi connectivity index (χ0v) is 16.1. The highest BCUT2D eigenvalue weighted by molar-refractivity contribution is 5.79. The second-order valence-electron chi connectivity index (χ2n) is 7.62. The number of nitrogens with zero attached hydrogens (tertiary/aromatic N) is 2. The SMILES string of the molecule is CCNC(=NCC(C)(C)N1CCOCC1)NCC(O)COCC1CC1. The molecule has 1 aliphatic heterocycles. The topological polar surface area (TPSA) is 78.4 Å². The highest BCUT2D eigenvalue weighted by Crippen LogP contribution is 2.28. The highest BCUT2D eigenvalue weighted by Gasteiger charge is 2.28. The lowest BCUT2D eigenvalue weighted by Crippen LogP contribution is -2.52. The fraction of sp³-hybridized carbons (Fsp3) is 0.944. The molecule has 1 aliphatic carbocycles. The van der Waals surface area contributed by atoms with Crippen LogP contribution in [0.3, 0.4) is 0 Å². The van der Waals surface area contributed by atoms with Crippen LogP contribution in [0, 0.1) is 5.92 Å². The fourth-order valence-electron chi connectivity index (χ4n) is 2.81. The van der Waals surface area contributed by atoms with Crippen LogP contribution in [0.15, 0.2) is 4.99 Å². The molecule has 0 bridgehead atoms. The minimum absolute atomic E-state index is 0.0158. The summed E-state index contributed by atoms with van der Waals surface area (Å²) in [7, 11) is 0. The van der Waals surface area contributed by atoms with Crippen molar-refractivity contribution in [2.45, 2.75) is 45.3 Å². The second kappa shape index (κ2) is 10.3. The van der Waals surface area contributed by atoms with Gasteiger partial charge in [0, 0.05) is 38.3 Å². The van der Waals surface area contributed by atoms with Crippen molar-refractivity contribution in [3.8, 4) is 0 Å². The van der Waals surface area contributed by atoms with Crippen molar-refractivity contribution in [3.05, 3.63) is 0 Å². The Bertz CT molecular complexity index is 407. The van der Waals surface area contributed by atoms with E-state index in [0.717, 1.165) is 51.3 Å². The minimum atomic E-state index is -0.519. The lowest BCUT2D eigenvalue weighted by atomic mass is 10.0. The fourth-order valence-corrected chi connectivity index (χ4v) is 2.81. The summed E-state index contributed by atoms with van der Waals surface area (Å²) in [5, 5.41) is 16.5. The summed E-state index contributed by atoms with van der Waals surface area (Å²) in [5.41, 5.74) is -0.0158. The Morgan fingerprint density at radius 2 is 2.04 bits per heavy atom. The molecule has 1 heterocycles. The molecule has 1 unspecified atom stereocenters.